The van der Waals surface area contributed by atoms with Gasteiger partial charge in [-0.25, -0.2) is 0 Å². The van der Waals surface area contributed by atoms with E-state index >= 15 is 0 Å². The van der Waals surface area contributed by atoms with Crippen LogP contribution in [0.4, 0.5) is 5.69 Å². The molecule has 0 aromatic heterocycles. The summed E-state index contributed by atoms with van der Waals surface area (Å²) < 4.78 is 11.8. The van der Waals surface area contributed by atoms with Gasteiger partial charge in [0, 0.05) is 23.6 Å². The number of amides is 1. The van der Waals surface area contributed by atoms with Crippen LogP contribution in [0, 0.1) is 0 Å². The first kappa shape index (κ1) is 19.7. The van der Waals surface area contributed by atoms with Gasteiger partial charge in [0.25, 0.3) is 5.91 Å². The summed E-state index contributed by atoms with van der Waals surface area (Å²) in [4.78, 5) is 13.2. The maximum absolute atomic E-state index is 13.2. The highest BCUT2D eigenvalue weighted by molar-refractivity contribution is 6.06. The van der Waals surface area contributed by atoms with E-state index in [4.69, 9.17) is 9.47 Å². The average Bonchev–Trinajstić information content (AvgIpc) is 2.96. The van der Waals surface area contributed by atoms with E-state index in [9.17, 15) is 4.79 Å². The lowest BCUT2D eigenvalue weighted by Gasteiger charge is -2.30. The molecule has 0 heterocycles. The fourth-order valence-electron chi connectivity index (χ4n) is 3.84. The summed E-state index contributed by atoms with van der Waals surface area (Å²) >= 11 is 0. The molecule has 1 atom stereocenters. The van der Waals surface area contributed by atoms with Crippen molar-refractivity contribution in [3.05, 3.63) is 36.4 Å². The van der Waals surface area contributed by atoms with Crippen molar-refractivity contribution in [3.63, 3.8) is 0 Å². The minimum Gasteiger partial charge on any atom is -0.490 e. The van der Waals surface area contributed by atoms with Crippen LogP contribution in [-0.4, -0.2) is 24.7 Å². The summed E-state index contributed by atoms with van der Waals surface area (Å²) in [5.41, 5.74) is 0.0940. The molecule has 1 N–H and O–H groups in total. The topological polar surface area (TPSA) is 47.6 Å². The number of carbonyl (C=O) groups is 1. The second-order valence-electron chi connectivity index (χ2n) is 7.56. The van der Waals surface area contributed by atoms with Crippen LogP contribution in [0.15, 0.2) is 36.4 Å². The number of benzene rings is 2. The Labute approximate surface area is 162 Å². The number of hydrogen-bond acceptors (Lipinski definition) is 3. The minimum atomic E-state index is -0.719. The lowest BCUT2D eigenvalue weighted by Crippen LogP contribution is -2.44. The molecule has 4 nitrogen and oxygen atoms in total. The second kappa shape index (κ2) is 8.75. The lowest BCUT2D eigenvalue weighted by molar-refractivity contribution is -0.139. The highest BCUT2D eigenvalue weighted by Crippen LogP contribution is 2.35. The first-order valence-electron chi connectivity index (χ1n) is 10.1. The van der Waals surface area contributed by atoms with Gasteiger partial charge in [-0.1, -0.05) is 56.9 Å². The smallest absolute Gasteiger partial charge is 0.256 e. The van der Waals surface area contributed by atoms with E-state index < -0.39 is 5.60 Å². The molecule has 0 spiro atoms. The van der Waals surface area contributed by atoms with E-state index in [1.165, 1.54) is 12.8 Å². The standard InChI is InChI=1S/C23H31NO3/c1-4-17(2)27-21-14-13-20(18-11-7-8-12-19(18)21)24-22(25)23(26-3)15-9-5-6-10-16-23/h7-8,11-14,17H,4-6,9-10,15-16H2,1-3H3,(H,24,25)/t17-/m0/s1. The Kier molecular flexibility index (Phi) is 6.38. The SMILES string of the molecule is CC[C@H](C)Oc1ccc(NC(=O)C2(OC)CCCCCC2)c2ccccc12. The Hall–Kier alpha value is -2.07. The molecule has 2 aromatic rings. The molecule has 1 aliphatic carbocycles. The normalized spacial score (nSPS) is 17.9. The molecule has 1 fully saturated rings. The molecule has 27 heavy (non-hydrogen) atoms. The molecule has 1 saturated carbocycles. The molecular formula is C23H31NO3. The van der Waals surface area contributed by atoms with Gasteiger partial charge in [0.15, 0.2) is 0 Å². The van der Waals surface area contributed by atoms with Gasteiger partial charge in [0.1, 0.15) is 11.4 Å². The van der Waals surface area contributed by atoms with Crippen LogP contribution in [0.2, 0.25) is 0 Å². The third kappa shape index (κ3) is 4.27. The Morgan fingerprint density at radius 3 is 2.37 bits per heavy atom. The maximum Gasteiger partial charge on any atom is 0.256 e. The van der Waals surface area contributed by atoms with Gasteiger partial charge in [0.05, 0.1) is 6.10 Å². The molecule has 0 radical (unpaired) electrons. The van der Waals surface area contributed by atoms with Crippen LogP contribution in [0.5, 0.6) is 5.75 Å². The fraction of sp³-hybridized carbons (Fsp3) is 0.522. The van der Waals surface area contributed by atoms with E-state index in [0.29, 0.717) is 0 Å². The van der Waals surface area contributed by atoms with Crippen molar-refractivity contribution in [1.82, 2.24) is 0 Å². The van der Waals surface area contributed by atoms with Crippen molar-refractivity contribution in [1.29, 1.82) is 0 Å². The van der Waals surface area contributed by atoms with Gasteiger partial charge in [-0.15, -0.1) is 0 Å². The molecule has 0 bridgehead atoms. The van der Waals surface area contributed by atoms with Gasteiger partial charge >= 0.3 is 0 Å². The fourth-order valence-corrected chi connectivity index (χ4v) is 3.84. The second-order valence-corrected chi connectivity index (χ2v) is 7.56. The first-order chi connectivity index (χ1) is 13.1. The van der Waals surface area contributed by atoms with E-state index in [-0.39, 0.29) is 12.0 Å². The number of carbonyl (C=O) groups excluding carboxylic acids is 1. The molecule has 1 amide bonds. The van der Waals surface area contributed by atoms with Crippen molar-refractivity contribution >= 4 is 22.4 Å². The monoisotopic (exact) mass is 369 g/mol. The zero-order valence-corrected chi connectivity index (χ0v) is 16.7. The Morgan fingerprint density at radius 2 is 1.74 bits per heavy atom. The summed E-state index contributed by atoms with van der Waals surface area (Å²) in [6.45, 7) is 4.18. The van der Waals surface area contributed by atoms with Crippen LogP contribution in [0.1, 0.15) is 58.8 Å². The van der Waals surface area contributed by atoms with Gasteiger partial charge in [0.2, 0.25) is 0 Å². The van der Waals surface area contributed by atoms with E-state index in [0.717, 1.165) is 54.3 Å². The maximum atomic E-state index is 13.2. The number of hydrogen-bond donors (Lipinski definition) is 1. The molecule has 1 aliphatic rings. The summed E-state index contributed by atoms with van der Waals surface area (Å²) in [6.07, 6.45) is 7.06. The number of fused-ring (bicyclic) bond motifs is 1. The van der Waals surface area contributed by atoms with E-state index in [2.05, 4.69) is 19.2 Å². The van der Waals surface area contributed by atoms with E-state index in [1.54, 1.807) is 7.11 Å². The van der Waals surface area contributed by atoms with Crippen molar-refractivity contribution in [2.24, 2.45) is 0 Å². The summed E-state index contributed by atoms with van der Waals surface area (Å²) in [7, 11) is 1.66. The minimum absolute atomic E-state index is 0.0346. The third-order valence-electron chi connectivity index (χ3n) is 5.75. The highest BCUT2D eigenvalue weighted by atomic mass is 16.5. The predicted octanol–water partition coefficient (Wildman–Crippen LogP) is 5.70. The molecule has 146 valence electrons. The Balaban J connectivity index is 1.90. The molecule has 0 aliphatic heterocycles. The number of nitrogens with one attached hydrogen (secondary N) is 1. The number of ether oxygens (including phenoxy) is 2. The molecule has 0 unspecified atom stereocenters. The Bertz CT molecular complexity index is 778. The van der Waals surface area contributed by atoms with Gasteiger partial charge in [-0.2, -0.15) is 0 Å². The molecule has 4 heteroatoms. The summed E-state index contributed by atoms with van der Waals surface area (Å²) in [5.74, 6) is 0.821. The average molecular weight is 370 g/mol. The van der Waals surface area contributed by atoms with Gasteiger partial charge in [-0.05, 0) is 38.3 Å². The predicted molar refractivity (Wildman–Crippen MR) is 110 cm³/mol. The van der Waals surface area contributed by atoms with Crippen LogP contribution in [0.25, 0.3) is 10.8 Å². The molecule has 0 saturated heterocycles. The molecule has 2 aromatic carbocycles. The molecular weight excluding hydrogens is 338 g/mol. The van der Waals surface area contributed by atoms with Crippen LogP contribution >= 0.6 is 0 Å². The van der Waals surface area contributed by atoms with E-state index in [1.807, 2.05) is 36.4 Å². The number of anilines is 1. The summed E-state index contributed by atoms with van der Waals surface area (Å²) in [6, 6.07) is 12.0. The van der Waals surface area contributed by atoms with Crippen LogP contribution in [-0.2, 0) is 9.53 Å². The number of rotatable bonds is 6. The van der Waals surface area contributed by atoms with Crippen molar-refractivity contribution in [3.8, 4) is 5.75 Å². The zero-order chi connectivity index (χ0) is 19.3. The largest absolute Gasteiger partial charge is 0.490 e. The summed E-state index contributed by atoms with van der Waals surface area (Å²) in [5, 5.41) is 5.16. The zero-order valence-electron chi connectivity index (χ0n) is 16.7. The number of methoxy groups -OCH3 is 1. The van der Waals surface area contributed by atoms with Crippen LogP contribution in [0.3, 0.4) is 0 Å². The molecule has 3 rings (SSSR count). The lowest BCUT2D eigenvalue weighted by atomic mass is 9.92. The Morgan fingerprint density at radius 1 is 1.07 bits per heavy atom. The highest BCUT2D eigenvalue weighted by Gasteiger charge is 2.38. The van der Waals surface area contributed by atoms with Crippen LogP contribution < -0.4 is 10.1 Å². The third-order valence-corrected chi connectivity index (χ3v) is 5.75. The van der Waals surface area contributed by atoms with Gasteiger partial charge in [-0.3, -0.25) is 4.79 Å². The van der Waals surface area contributed by atoms with Gasteiger partial charge < -0.3 is 14.8 Å². The van der Waals surface area contributed by atoms with Crippen molar-refractivity contribution < 1.29 is 14.3 Å². The first-order valence-corrected chi connectivity index (χ1v) is 10.1. The van der Waals surface area contributed by atoms with Crippen molar-refractivity contribution in [2.45, 2.75) is 70.5 Å². The van der Waals surface area contributed by atoms with Crippen molar-refractivity contribution in [2.75, 3.05) is 12.4 Å². The quantitative estimate of drug-likeness (QED) is 0.665.